The fraction of sp³-hybridized carbons (Fsp3) is 0.429. The molecule has 2 aromatic rings. The molecule has 4 heteroatoms. The van der Waals surface area contributed by atoms with Crippen LogP contribution in [0.3, 0.4) is 0 Å². The normalized spacial score (nSPS) is 14.1. The molecule has 25 heavy (non-hydrogen) atoms. The number of benzene rings is 2. The molecule has 0 saturated heterocycles. The predicted molar refractivity (Wildman–Crippen MR) is 98.9 cm³/mol. The average Bonchev–Trinajstić information content (AvgIpc) is 3.05. The Bertz CT molecular complexity index is 729. The van der Waals surface area contributed by atoms with Crippen LogP contribution in [0.5, 0.6) is 11.5 Å². The smallest absolute Gasteiger partial charge is 0.231 e. The lowest BCUT2D eigenvalue weighted by atomic mass is 10.0. The van der Waals surface area contributed by atoms with Gasteiger partial charge in [-0.15, -0.1) is 0 Å². The van der Waals surface area contributed by atoms with Crippen LogP contribution in [0.4, 0.5) is 0 Å². The van der Waals surface area contributed by atoms with Gasteiger partial charge in [-0.2, -0.15) is 0 Å². The zero-order valence-corrected chi connectivity index (χ0v) is 15.3. The van der Waals surface area contributed by atoms with E-state index in [0.717, 1.165) is 36.6 Å². The van der Waals surface area contributed by atoms with Crippen molar-refractivity contribution in [3.05, 3.63) is 58.7 Å². The zero-order chi connectivity index (χ0) is 17.8. The second-order valence-electron chi connectivity index (χ2n) is 6.85. The van der Waals surface area contributed by atoms with Crippen molar-refractivity contribution in [1.82, 2.24) is 4.90 Å². The summed E-state index contributed by atoms with van der Waals surface area (Å²) in [5.41, 5.74) is 5.02. The molecule has 3 rings (SSSR count). The number of ether oxygens (including phenoxy) is 2. The third kappa shape index (κ3) is 4.53. The van der Waals surface area contributed by atoms with Gasteiger partial charge in [0.2, 0.25) is 6.79 Å². The monoisotopic (exact) mass is 341 g/mol. The van der Waals surface area contributed by atoms with E-state index in [2.05, 4.69) is 43.0 Å². The summed E-state index contributed by atoms with van der Waals surface area (Å²) in [6.07, 6.45) is 0.434. The summed E-state index contributed by atoms with van der Waals surface area (Å²) in [6, 6.07) is 12.6. The second-order valence-corrected chi connectivity index (χ2v) is 6.85. The molecule has 134 valence electrons. The van der Waals surface area contributed by atoms with Crippen molar-refractivity contribution in [2.24, 2.45) is 0 Å². The fourth-order valence-electron chi connectivity index (χ4n) is 3.12. The van der Waals surface area contributed by atoms with Gasteiger partial charge in [-0.05, 0) is 49.1 Å². The first-order valence-electron chi connectivity index (χ1n) is 8.90. The quantitative estimate of drug-likeness (QED) is 0.832. The Morgan fingerprint density at radius 2 is 1.84 bits per heavy atom. The van der Waals surface area contributed by atoms with Crippen LogP contribution in [0.2, 0.25) is 0 Å². The van der Waals surface area contributed by atoms with Gasteiger partial charge in [-0.3, -0.25) is 4.90 Å². The predicted octanol–water partition coefficient (Wildman–Crippen LogP) is 3.81. The maximum atomic E-state index is 10.2. The molecule has 2 aromatic carbocycles. The molecule has 4 nitrogen and oxygen atoms in total. The van der Waals surface area contributed by atoms with E-state index in [4.69, 9.17) is 9.47 Å². The van der Waals surface area contributed by atoms with Crippen LogP contribution in [-0.4, -0.2) is 29.4 Å². The van der Waals surface area contributed by atoms with Crippen molar-refractivity contribution in [2.45, 2.75) is 46.4 Å². The van der Waals surface area contributed by atoms with Gasteiger partial charge in [0, 0.05) is 19.6 Å². The van der Waals surface area contributed by atoms with E-state index in [-0.39, 0.29) is 6.10 Å². The van der Waals surface area contributed by atoms with Crippen LogP contribution in [0.15, 0.2) is 36.4 Å². The number of nitrogens with zero attached hydrogens (tertiary/aromatic N) is 1. The van der Waals surface area contributed by atoms with Crippen molar-refractivity contribution >= 4 is 0 Å². The first-order valence-corrected chi connectivity index (χ1v) is 8.90. The zero-order valence-electron chi connectivity index (χ0n) is 15.3. The number of rotatable bonds is 7. The van der Waals surface area contributed by atoms with E-state index in [9.17, 15) is 5.11 Å². The molecule has 0 saturated carbocycles. The molecule has 0 spiro atoms. The number of aliphatic hydroxyl groups is 1. The van der Waals surface area contributed by atoms with Gasteiger partial charge >= 0.3 is 0 Å². The Kier molecular flexibility index (Phi) is 5.61. The maximum Gasteiger partial charge on any atom is 0.231 e. The molecule has 1 heterocycles. The molecule has 0 radical (unpaired) electrons. The van der Waals surface area contributed by atoms with E-state index in [1.807, 2.05) is 19.1 Å². The van der Waals surface area contributed by atoms with Crippen molar-refractivity contribution in [3.8, 4) is 11.5 Å². The van der Waals surface area contributed by atoms with E-state index in [0.29, 0.717) is 13.3 Å². The van der Waals surface area contributed by atoms with Gasteiger partial charge in [0.1, 0.15) is 0 Å². The minimum Gasteiger partial charge on any atom is -0.454 e. The molecule has 0 aliphatic carbocycles. The molecule has 1 atom stereocenters. The highest BCUT2D eigenvalue weighted by Gasteiger charge is 2.17. The van der Waals surface area contributed by atoms with Gasteiger partial charge < -0.3 is 14.6 Å². The minimum atomic E-state index is -0.320. The van der Waals surface area contributed by atoms with Gasteiger partial charge in [-0.25, -0.2) is 0 Å². The number of hydrogen-bond donors (Lipinski definition) is 1. The van der Waals surface area contributed by atoms with Gasteiger partial charge in [-0.1, -0.05) is 36.8 Å². The molecule has 1 N–H and O–H groups in total. The summed E-state index contributed by atoms with van der Waals surface area (Å²) in [7, 11) is 0. The maximum absolute atomic E-state index is 10.2. The topological polar surface area (TPSA) is 41.9 Å². The highest BCUT2D eigenvalue weighted by molar-refractivity contribution is 5.44. The first kappa shape index (κ1) is 17.8. The average molecular weight is 341 g/mol. The van der Waals surface area contributed by atoms with Gasteiger partial charge in [0.25, 0.3) is 0 Å². The van der Waals surface area contributed by atoms with E-state index >= 15 is 0 Å². The van der Waals surface area contributed by atoms with E-state index in [1.54, 1.807) is 0 Å². The van der Waals surface area contributed by atoms with Crippen molar-refractivity contribution in [3.63, 3.8) is 0 Å². The van der Waals surface area contributed by atoms with Gasteiger partial charge in [0.15, 0.2) is 11.5 Å². The lowest BCUT2D eigenvalue weighted by molar-refractivity contribution is 0.101. The minimum absolute atomic E-state index is 0.291. The largest absolute Gasteiger partial charge is 0.454 e. The highest BCUT2D eigenvalue weighted by Crippen LogP contribution is 2.33. The Balaban J connectivity index is 1.78. The molecular formula is C21H27NO3. The third-order valence-corrected chi connectivity index (χ3v) is 4.68. The van der Waals surface area contributed by atoms with Crippen LogP contribution < -0.4 is 9.47 Å². The number of aryl methyl sites for hydroxylation is 2. The summed E-state index contributed by atoms with van der Waals surface area (Å²) in [5.74, 6) is 1.61. The van der Waals surface area contributed by atoms with Crippen LogP contribution in [0.1, 0.15) is 35.6 Å². The molecule has 1 aliphatic rings. The third-order valence-electron chi connectivity index (χ3n) is 4.68. The van der Waals surface area contributed by atoms with Crippen molar-refractivity contribution in [2.75, 3.05) is 13.3 Å². The van der Waals surface area contributed by atoms with E-state index in [1.165, 1.54) is 16.7 Å². The van der Waals surface area contributed by atoms with E-state index < -0.39 is 0 Å². The Morgan fingerprint density at radius 3 is 2.64 bits per heavy atom. The van der Waals surface area contributed by atoms with Crippen LogP contribution >= 0.6 is 0 Å². The summed E-state index contributed by atoms with van der Waals surface area (Å²) in [5, 5.41) is 10.2. The fourth-order valence-corrected chi connectivity index (χ4v) is 3.12. The molecule has 0 unspecified atom stereocenters. The first-order chi connectivity index (χ1) is 12.0. The molecule has 0 fully saturated rings. The molecule has 0 bridgehead atoms. The molecule has 1 aliphatic heterocycles. The molecule has 0 aromatic heterocycles. The Hall–Kier alpha value is -2.04. The van der Waals surface area contributed by atoms with Crippen LogP contribution in [-0.2, 0) is 13.1 Å². The number of hydrogen-bond acceptors (Lipinski definition) is 4. The van der Waals surface area contributed by atoms with Crippen LogP contribution in [0, 0.1) is 13.8 Å². The highest BCUT2D eigenvalue weighted by atomic mass is 16.7. The molecular weight excluding hydrogens is 314 g/mol. The van der Waals surface area contributed by atoms with Crippen molar-refractivity contribution in [1.29, 1.82) is 0 Å². The summed E-state index contributed by atoms with van der Waals surface area (Å²) >= 11 is 0. The number of aliphatic hydroxyl groups excluding tert-OH is 1. The Labute approximate surface area is 150 Å². The number of fused-ring (bicyclic) bond motifs is 1. The summed E-state index contributed by atoms with van der Waals surface area (Å²) in [6.45, 7) is 8.80. The summed E-state index contributed by atoms with van der Waals surface area (Å²) in [4.78, 5) is 2.30. The standard InChI is InChI=1S/C21H27NO3/c1-4-19(23)13-22(12-18-9-15(2)5-6-16(18)3)11-17-7-8-20-21(10-17)25-14-24-20/h5-10,19,23H,4,11-14H2,1-3H3/t19-/m1/s1. The molecule has 0 amide bonds. The van der Waals surface area contributed by atoms with Crippen LogP contribution in [0.25, 0.3) is 0 Å². The lowest BCUT2D eigenvalue weighted by Gasteiger charge is -2.26. The van der Waals surface area contributed by atoms with Gasteiger partial charge in [0.05, 0.1) is 6.10 Å². The lowest BCUT2D eigenvalue weighted by Crippen LogP contribution is -2.31. The SMILES string of the molecule is CC[C@@H](O)CN(Cc1ccc2c(c1)OCO2)Cc1cc(C)ccc1C. The second kappa shape index (κ2) is 7.89. The Morgan fingerprint density at radius 1 is 1.04 bits per heavy atom. The van der Waals surface area contributed by atoms with Crippen molar-refractivity contribution < 1.29 is 14.6 Å². The summed E-state index contributed by atoms with van der Waals surface area (Å²) < 4.78 is 10.9.